The van der Waals surface area contributed by atoms with Gasteiger partial charge in [-0.2, -0.15) is 0 Å². The van der Waals surface area contributed by atoms with Gasteiger partial charge in [-0.1, -0.05) is 0 Å². The molecule has 4 fully saturated rings. The number of carbonyl (C=O) groups excluding carboxylic acids is 1. The van der Waals surface area contributed by atoms with E-state index in [-0.39, 0.29) is 17.0 Å². The second kappa shape index (κ2) is 5.80. The van der Waals surface area contributed by atoms with E-state index >= 15 is 0 Å². The van der Waals surface area contributed by atoms with Crippen molar-refractivity contribution in [2.24, 2.45) is 17.8 Å². The molecule has 1 aromatic rings. The molecule has 4 saturated carbocycles. The van der Waals surface area contributed by atoms with E-state index in [1.807, 2.05) is 18.7 Å². The van der Waals surface area contributed by atoms with Crippen LogP contribution in [0.5, 0.6) is 0 Å². The average molecular weight is 333 g/mol. The van der Waals surface area contributed by atoms with Crippen LogP contribution in [-0.2, 0) is 4.79 Å². The highest BCUT2D eigenvalue weighted by molar-refractivity contribution is 8.01. The molecule has 1 atom stereocenters. The van der Waals surface area contributed by atoms with E-state index in [9.17, 15) is 9.18 Å². The van der Waals surface area contributed by atoms with Crippen molar-refractivity contribution in [3.63, 3.8) is 0 Å². The molecule has 0 saturated heterocycles. The highest BCUT2D eigenvalue weighted by Gasteiger charge is 2.52. The number of hydrogen-bond donors (Lipinski definition) is 1. The highest BCUT2D eigenvalue weighted by atomic mass is 32.2. The van der Waals surface area contributed by atoms with Crippen LogP contribution in [0.25, 0.3) is 0 Å². The largest absolute Gasteiger partial charge is 0.325 e. The molecule has 2 nitrogen and oxygen atoms in total. The lowest BCUT2D eigenvalue weighted by Crippen LogP contribution is -2.49. The molecular formula is C19H24FNOS. The van der Waals surface area contributed by atoms with Gasteiger partial charge in [0.1, 0.15) is 5.82 Å². The summed E-state index contributed by atoms with van der Waals surface area (Å²) in [6.07, 6.45) is 8.19. The highest BCUT2D eigenvalue weighted by Crippen LogP contribution is 2.61. The first kappa shape index (κ1) is 15.5. The van der Waals surface area contributed by atoms with Gasteiger partial charge in [0.2, 0.25) is 5.91 Å². The van der Waals surface area contributed by atoms with Crippen LogP contribution in [0, 0.1) is 23.6 Å². The third-order valence-electron chi connectivity index (χ3n) is 5.89. The maximum absolute atomic E-state index is 13.0. The summed E-state index contributed by atoms with van der Waals surface area (Å²) >= 11 is 1.90. The second-order valence-corrected chi connectivity index (χ2v) is 9.67. The van der Waals surface area contributed by atoms with Crippen LogP contribution >= 0.6 is 11.8 Å². The lowest BCUT2D eigenvalue weighted by Gasteiger charge is -2.57. The number of thioether (sulfide) groups is 1. The Morgan fingerprint density at radius 1 is 1.13 bits per heavy atom. The summed E-state index contributed by atoms with van der Waals surface area (Å²) in [5.41, 5.74) is 0.675. The lowest BCUT2D eigenvalue weighted by atomic mass is 9.56. The van der Waals surface area contributed by atoms with E-state index in [0.29, 0.717) is 10.4 Å². The van der Waals surface area contributed by atoms with Gasteiger partial charge in [-0.25, -0.2) is 4.39 Å². The smallest absolute Gasteiger partial charge is 0.237 e. The molecule has 4 aliphatic rings. The number of anilines is 1. The zero-order chi connectivity index (χ0) is 16.0. The summed E-state index contributed by atoms with van der Waals surface area (Å²) in [5, 5.41) is 2.87. The molecule has 4 heteroatoms. The van der Waals surface area contributed by atoms with E-state index in [1.165, 1.54) is 50.7 Å². The Labute approximate surface area is 141 Å². The minimum absolute atomic E-state index is 0.0392. The van der Waals surface area contributed by atoms with Gasteiger partial charge in [0.15, 0.2) is 0 Å². The van der Waals surface area contributed by atoms with E-state index < -0.39 is 0 Å². The van der Waals surface area contributed by atoms with Crippen LogP contribution in [0.2, 0.25) is 0 Å². The fourth-order valence-electron chi connectivity index (χ4n) is 5.38. The number of carbonyl (C=O) groups is 1. The zero-order valence-corrected chi connectivity index (χ0v) is 14.4. The fraction of sp³-hybridized carbons (Fsp3) is 0.632. The second-order valence-electron chi connectivity index (χ2n) is 7.86. The molecule has 124 valence electrons. The number of benzene rings is 1. The van der Waals surface area contributed by atoms with Gasteiger partial charge in [0.05, 0.1) is 5.25 Å². The molecule has 4 bridgehead atoms. The molecule has 0 spiro atoms. The number of rotatable bonds is 4. The van der Waals surface area contributed by atoms with E-state index in [4.69, 9.17) is 0 Å². The molecule has 0 unspecified atom stereocenters. The van der Waals surface area contributed by atoms with Gasteiger partial charge in [-0.3, -0.25) is 4.79 Å². The molecule has 0 radical (unpaired) electrons. The van der Waals surface area contributed by atoms with Crippen LogP contribution < -0.4 is 5.32 Å². The van der Waals surface area contributed by atoms with Crippen molar-refractivity contribution in [3.8, 4) is 0 Å². The maximum atomic E-state index is 13.0. The first-order chi connectivity index (χ1) is 11.0. The molecule has 0 heterocycles. The molecule has 1 aromatic carbocycles. The monoisotopic (exact) mass is 333 g/mol. The first-order valence-electron chi connectivity index (χ1n) is 8.76. The predicted molar refractivity (Wildman–Crippen MR) is 93.0 cm³/mol. The SMILES string of the molecule is C[C@H](SC12CC3CC(CC(C3)C1)C2)C(=O)Nc1ccc(F)cc1. The van der Waals surface area contributed by atoms with Crippen molar-refractivity contribution in [2.75, 3.05) is 5.32 Å². The molecule has 1 amide bonds. The standard InChI is InChI=1S/C19H24FNOS/c1-12(18(22)21-17-4-2-16(20)3-5-17)23-19-9-13-6-14(10-19)8-15(7-13)11-19/h2-5,12-15H,6-11H2,1H3,(H,21,22)/t12-,13?,14?,15?,19?/m0/s1. The van der Waals surface area contributed by atoms with Gasteiger partial charge in [0.25, 0.3) is 0 Å². The number of halogens is 1. The van der Waals surface area contributed by atoms with Crippen LogP contribution in [-0.4, -0.2) is 15.9 Å². The number of nitrogens with one attached hydrogen (secondary N) is 1. The first-order valence-corrected chi connectivity index (χ1v) is 9.63. The van der Waals surface area contributed by atoms with Gasteiger partial charge in [-0.05, 0) is 87.5 Å². The van der Waals surface area contributed by atoms with Crippen molar-refractivity contribution >= 4 is 23.4 Å². The van der Waals surface area contributed by atoms with Crippen LogP contribution in [0.1, 0.15) is 45.4 Å². The Morgan fingerprint density at radius 2 is 1.65 bits per heavy atom. The molecular weight excluding hydrogens is 309 g/mol. The molecule has 23 heavy (non-hydrogen) atoms. The van der Waals surface area contributed by atoms with Gasteiger partial charge >= 0.3 is 0 Å². The molecule has 1 N–H and O–H groups in total. The minimum Gasteiger partial charge on any atom is -0.325 e. The summed E-state index contributed by atoms with van der Waals surface area (Å²) in [4.78, 5) is 12.5. The molecule has 5 rings (SSSR count). The topological polar surface area (TPSA) is 29.1 Å². The number of amides is 1. The van der Waals surface area contributed by atoms with Crippen molar-refractivity contribution in [1.29, 1.82) is 0 Å². The Bertz CT molecular complexity index is 565. The maximum Gasteiger partial charge on any atom is 0.237 e. The Morgan fingerprint density at radius 3 is 2.17 bits per heavy atom. The Balaban J connectivity index is 1.40. The molecule has 0 aromatic heterocycles. The van der Waals surface area contributed by atoms with Crippen molar-refractivity contribution < 1.29 is 9.18 Å². The third kappa shape index (κ3) is 3.15. The third-order valence-corrected chi connectivity index (χ3v) is 7.46. The van der Waals surface area contributed by atoms with Gasteiger partial charge < -0.3 is 5.32 Å². The summed E-state index contributed by atoms with van der Waals surface area (Å²) in [6, 6.07) is 6.00. The fourth-order valence-corrected chi connectivity index (χ4v) is 7.29. The van der Waals surface area contributed by atoms with Crippen LogP contribution in [0.3, 0.4) is 0 Å². The van der Waals surface area contributed by atoms with Crippen molar-refractivity contribution in [1.82, 2.24) is 0 Å². The van der Waals surface area contributed by atoms with Crippen molar-refractivity contribution in [3.05, 3.63) is 30.1 Å². The number of hydrogen-bond acceptors (Lipinski definition) is 2. The van der Waals surface area contributed by atoms with Crippen molar-refractivity contribution in [2.45, 2.75) is 55.4 Å². The zero-order valence-electron chi connectivity index (χ0n) is 13.6. The summed E-state index contributed by atoms with van der Waals surface area (Å²) in [6.45, 7) is 2.02. The quantitative estimate of drug-likeness (QED) is 0.853. The summed E-state index contributed by atoms with van der Waals surface area (Å²) in [7, 11) is 0. The Kier molecular flexibility index (Phi) is 3.91. The van der Waals surface area contributed by atoms with E-state index in [2.05, 4.69) is 5.32 Å². The minimum atomic E-state index is -0.279. The van der Waals surface area contributed by atoms with E-state index in [0.717, 1.165) is 17.8 Å². The van der Waals surface area contributed by atoms with Crippen LogP contribution in [0.15, 0.2) is 24.3 Å². The van der Waals surface area contributed by atoms with Crippen LogP contribution in [0.4, 0.5) is 10.1 Å². The molecule has 4 aliphatic carbocycles. The molecule has 0 aliphatic heterocycles. The summed E-state index contributed by atoms with van der Waals surface area (Å²) in [5.74, 6) is 2.47. The van der Waals surface area contributed by atoms with Gasteiger partial charge in [0, 0.05) is 10.4 Å². The van der Waals surface area contributed by atoms with Gasteiger partial charge in [-0.15, -0.1) is 11.8 Å². The predicted octanol–water partition coefficient (Wildman–Crippen LogP) is 4.85. The normalized spacial score (nSPS) is 36.0. The average Bonchev–Trinajstić information content (AvgIpc) is 2.47. The van der Waals surface area contributed by atoms with E-state index in [1.54, 1.807) is 12.1 Å². The Hall–Kier alpha value is -1.03. The summed E-state index contributed by atoms with van der Waals surface area (Å²) < 4.78 is 13.3. The lowest BCUT2D eigenvalue weighted by molar-refractivity contribution is -0.115.